The summed E-state index contributed by atoms with van der Waals surface area (Å²) < 4.78 is 5.48. The number of carbonyl (C=O) groups excluding carboxylic acids is 1. The number of carboxylic acid groups (broad SMARTS) is 1. The Kier molecular flexibility index (Phi) is 5.99. The Labute approximate surface area is 117 Å². The predicted molar refractivity (Wildman–Crippen MR) is 72.8 cm³/mol. The molecule has 110 valence electrons. The number of hydrogen-bond donors (Lipinski definition) is 3. The second kappa shape index (κ2) is 7.49. The average Bonchev–Trinajstić information content (AvgIpc) is 2.37. The Bertz CT molecular complexity index is 472. The van der Waals surface area contributed by atoms with Crippen molar-refractivity contribution in [3.8, 4) is 5.75 Å². The van der Waals surface area contributed by atoms with Crippen LogP contribution < -0.4 is 10.1 Å². The van der Waals surface area contributed by atoms with Gasteiger partial charge in [-0.2, -0.15) is 0 Å². The lowest BCUT2D eigenvalue weighted by Crippen LogP contribution is -2.30. The van der Waals surface area contributed by atoms with Gasteiger partial charge in [-0.15, -0.1) is 0 Å². The molecule has 0 heterocycles. The molecule has 20 heavy (non-hydrogen) atoms. The van der Waals surface area contributed by atoms with Crippen LogP contribution in [0.2, 0.25) is 0 Å². The molecule has 0 saturated heterocycles. The molecule has 1 atom stereocenters. The standard InChI is InChI=1S/C14H19NO5/c1-9(2)20-11-5-3-4-10(8-11)13(17)15-7-6-12(16)14(18)19/h3-5,8-9,12,16H,6-7H2,1-2H3,(H,15,17)(H,18,19). The fraction of sp³-hybridized carbons (Fsp3) is 0.429. The predicted octanol–water partition coefficient (Wildman–Crippen LogP) is 1.04. The molecule has 6 nitrogen and oxygen atoms in total. The van der Waals surface area contributed by atoms with Gasteiger partial charge in [0.15, 0.2) is 6.10 Å². The van der Waals surface area contributed by atoms with Crippen LogP contribution in [0.15, 0.2) is 24.3 Å². The molecule has 1 aromatic carbocycles. The molecule has 0 saturated carbocycles. The highest BCUT2D eigenvalue weighted by molar-refractivity contribution is 5.94. The molecule has 0 aliphatic heterocycles. The molecule has 0 radical (unpaired) electrons. The lowest BCUT2D eigenvalue weighted by molar-refractivity contribution is -0.146. The molecule has 1 unspecified atom stereocenters. The average molecular weight is 281 g/mol. The van der Waals surface area contributed by atoms with Crippen LogP contribution >= 0.6 is 0 Å². The van der Waals surface area contributed by atoms with Gasteiger partial charge in [0, 0.05) is 18.5 Å². The Balaban J connectivity index is 2.53. The first-order chi connectivity index (χ1) is 9.40. The van der Waals surface area contributed by atoms with Gasteiger partial charge in [-0.3, -0.25) is 4.79 Å². The summed E-state index contributed by atoms with van der Waals surface area (Å²) in [6, 6.07) is 6.71. The summed E-state index contributed by atoms with van der Waals surface area (Å²) in [5, 5.41) is 20.1. The Hall–Kier alpha value is -2.08. The number of aliphatic carboxylic acids is 1. The van der Waals surface area contributed by atoms with Gasteiger partial charge in [-0.05, 0) is 32.0 Å². The van der Waals surface area contributed by atoms with Gasteiger partial charge in [-0.1, -0.05) is 6.07 Å². The highest BCUT2D eigenvalue weighted by atomic mass is 16.5. The van der Waals surface area contributed by atoms with Gasteiger partial charge >= 0.3 is 5.97 Å². The van der Waals surface area contributed by atoms with E-state index in [1.54, 1.807) is 24.3 Å². The van der Waals surface area contributed by atoms with Crippen molar-refractivity contribution >= 4 is 11.9 Å². The summed E-state index contributed by atoms with van der Waals surface area (Å²) >= 11 is 0. The zero-order chi connectivity index (χ0) is 15.1. The third-order valence-corrected chi connectivity index (χ3v) is 2.46. The number of carbonyl (C=O) groups is 2. The van der Waals surface area contributed by atoms with Crippen molar-refractivity contribution < 1.29 is 24.5 Å². The number of ether oxygens (including phenoxy) is 1. The number of hydrogen-bond acceptors (Lipinski definition) is 4. The fourth-order valence-corrected chi connectivity index (χ4v) is 1.53. The smallest absolute Gasteiger partial charge is 0.332 e. The minimum Gasteiger partial charge on any atom is -0.491 e. The molecule has 0 bridgehead atoms. The van der Waals surface area contributed by atoms with E-state index >= 15 is 0 Å². The van der Waals surface area contributed by atoms with Crippen LogP contribution in [0.4, 0.5) is 0 Å². The summed E-state index contributed by atoms with van der Waals surface area (Å²) in [5.41, 5.74) is 0.424. The highest BCUT2D eigenvalue weighted by Crippen LogP contribution is 2.14. The van der Waals surface area contributed by atoms with Gasteiger partial charge in [0.25, 0.3) is 5.91 Å². The van der Waals surface area contributed by atoms with Crippen molar-refractivity contribution in [3.05, 3.63) is 29.8 Å². The van der Waals surface area contributed by atoms with Crippen molar-refractivity contribution in [1.82, 2.24) is 5.32 Å². The number of aliphatic hydroxyl groups excluding tert-OH is 1. The molecule has 1 rings (SSSR count). The van der Waals surface area contributed by atoms with Gasteiger partial charge in [0.2, 0.25) is 0 Å². The number of benzene rings is 1. The molecule has 1 aromatic rings. The Morgan fingerprint density at radius 1 is 1.35 bits per heavy atom. The first-order valence-corrected chi connectivity index (χ1v) is 6.36. The molecular formula is C14H19NO5. The third kappa shape index (κ3) is 5.27. The Morgan fingerprint density at radius 3 is 2.65 bits per heavy atom. The van der Waals surface area contributed by atoms with Crippen LogP contribution in [-0.2, 0) is 4.79 Å². The lowest BCUT2D eigenvalue weighted by atomic mass is 10.2. The molecule has 0 aliphatic rings. The number of nitrogens with one attached hydrogen (secondary N) is 1. The number of carboxylic acids is 1. The minimum atomic E-state index is -1.47. The molecule has 0 aromatic heterocycles. The lowest BCUT2D eigenvalue weighted by Gasteiger charge is -2.11. The van der Waals surface area contributed by atoms with E-state index in [0.717, 1.165) is 0 Å². The first kappa shape index (κ1) is 16.0. The maximum atomic E-state index is 11.8. The molecule has 0 spiro atoms. The molecular weight excluding hydrogens is 262 g/mol. The van der Waals surface area contributed by atoms with Crippen LogP contribution in [0.25, 0.3) is 0 Å². The van der Waals surface area contributed by atoms with E-state index in [9.17, 15) is 9.59 Å². The second-order valence-corrected chi connectivity index (χ2v) is 4.59. The van der Waals surface area contributed by atoms with Gasteiger partial charge < -0.3 is 20.3 Å². The van der Waals surface area contributed by atoms with Gasteiger partial charge in [0.1, 0.15) is 5.75 Å². The summed E-state index contributed by atoms with van der Waals surface area (Å²) in [5.74, 6) is -1.04. The first-order valence-electron chi connectivity index (χ1n) is 6.36. The summed E-state index contributed by atoms with van der Waals surface area (Å²) in [7, 11) is 0. The van der Waals surface area contributed by atoms with Crippen LogP contribution in [0.3, 0.4) is 0 Å². The topological polar surface area (TPSA) is 95.9 Å². The van der Waals surface area contributed by atoms with Crippen molar-refractivity contribution in [2.45, 2.75) is 32.5 Å². The molecule has 1 amide bonds. The minimum absolute atomic E-state index is 0.0130. The number of amides is 1. The SMILES string of the molecule is CC(C)Oc1cccc(C(=O)NCCC(O)C(=O)O)c1. The Morgan fingerprint density at radius 2 is 2.05 bits per heavy atom. The maximum absolute atomic E-state index is 11.8. The van der Waals surface area contributed by atoms with E-state index in [0.29, 0.717) is 11.3 Å². The number of rotatable bonds is 7. The molecule has 6 heteroatoms. The largest absolute Gasteiger partial charge is 0.491 e. The molecule has 3 N–H and O–H groups in total. The van der Waals surface area contributed by atoms with Crippen molar-refractivity contribution in [2.24, 2.45) is 0 Å². The maximum Gasteiger partial charge on any atom is 0.332 e. The van der Waals surface area contributed by atoms with Crippen LogP contribution in [-0.4, -0.2) is 40.8 Å². The van der Waals surface area contributed by atoms with Crippen LogP contribution in [0.5, 0.6) is 5.75 Å². The summed E-state index contributed by atoms with van der Waals surface area (Å²) in [6.07, 6.45) is -1.49. The van der Waals surface area contributed by atoms with Gasteiger partial charge in [0.05, 0.1) is 6.10 Å². The van der Waals surface area contributed by atoms with Crippen LogP contribution in [0.1, 0.15) is 30.6 Å². The van der Waals surface area contributed by atoms with E-state index in [2.05, 4.69) is 5.32 Å². The highest BCUT2D eigenvalue weighted by Gasteiger charge is 2.13. The summed E-state index contributed by atoms with van der Waals surface area (Å²) in [4.78, 5) is 22.3. The van der Waals surface area contributed by atoms with Crippen molar-refractivity contribution in [1.29, 1.82) is 0 Å². The van der Waals surface area contributed by atoms with Crippen molar-refractivity contribution in [3.63, 3.8) is 0 Å². The number of aliphatic hydroxyl groups is 1. The third-order valence-electron chi connectivity index (χ3n) is 2.46. The molecule has 0 aliphatic carbocycles. The molecule has 0 fully saturated rings. The quantitative estimate of drug-likeness (QED) is 0.694. The van der Waals surface area contributed by atoms with E-state index in [4.69, 9.17) is 14.9 Å². The van der Waals surface area contributed by atoms with Gasteiger partial charge in [-0.25, -0.2) is 4.79 Å². The second-order valence-electron chi connectivity index (χ2n) is 4.59. The zero-order valence-corrected chi connectivity index (χ0v) is 11.5. The zero-order valence-electron chi connectivity index (χ0n) is 11.5. The monoisotopic (exact) mass is 281 g/mol. The fourth-order valence-electron chi connectivity index (χ4n) is 1.53. The normalized spacial score (nSPS) is 12.0. The van der Waals surface area contributed by atoms with E-state index in [-0.39, 0.29) is 25.0 Å². The van der Waals surface area contributed by atoms with Crippen molar-refractivity contribution in [2.75, 3.05) is 6.54 Å². The summed E-state index contributed by atoms with van der Waals surface area (Å²) in [6.45, 7) is 3.86. The van der Waals surface area contributed by atoms with E-state index in [1.807, 2.05) is 13.8 Å². The van der Waals surface area contributed by atoms with Crippen LogP contribution in [0, 0.1) is 0 Å². The van der Waals surface area contributed by atoms with E-state index in [1.165, 1.54) is 0 Å². The van der Waals surface area contributed by atoms with E-state index < -0.39 is 12.1 Å².